The van der Waals surface area contributed by atoms with E-state index in [1.54, 1.807) is 10.7 Å². The van der Waals surface area contributed by atoms with Gasteiger partial charge in [-0.25, -0.2) is 4.79 Å². The third-order valence-electron chi connectivity index (χ3n) is 5.25. The van der Waals surface area contributed by atoms with E-state index in [0.29, 0.717) is 24.7 Å². The number of likely N-dealkylation sites (tertiary alicyclic amines) is 1. The lowest BCUT2D eigenvalue weighted by molar-refractivity contribution is 0.00753. The minimum Gasteiger partial charge on any atom is -0.444 e. The summed E-state index contributed by atoms with van der Waals surface area (Å²) in [7, 11) is 0. The van der Waals surface area contributed by atoms with Crippen molar-refractivity contribution in [2.45, 2.75) is 78.1 Å². The summed E-state index contributed by atoms with van der Waals surface area (Å²) in [4.78, 5) is 27.1. The van der Waals surface area contributed by atoms with Crippen LogP contribution in [0.2, 0.25) is 0 Å². The van der Waals surface area contributed by atoms with Crippen LogP contribution in [0.4, 0.5) is 4.79 Å². The van der Waals surface area contributed by atoms with Gasteiger partial charge < -0.3 is 15.0 Å². The van der Waals surface area contributed by atoms with Gasteiger partial charge in [-0.1, -0.05) is 0 Å². The van der Waals surface area contributed by atoms with Gasteiger partial charge in [-0.05, 0) is 65.9 Å². The normalized spacial score (nSPS) is 24.8. The van der Waals surface area contributed by atoms with Crippen LogP contribution in [0.1, 0.15) is 63.1 Å². The number of piperidine rings is 1. The molecule has 7 nitrogen and oxygen atoms in total. The summed E-state index contributed by atoms with van der Waals surface area (Å²) in [5.41, 5.74) is 0.877. The molecule has 1 aromatic heterocycles. The molecule has 0 radical (unpaired) electrons. The number of carbonyl (C=O) groups excluding carboxylic acids is 2. The second kappa shape index (κ2) is 6.93. The number of hydrogen-bond acceptors (Lipinski definition) is 4. The standard InChI is InChI=1S/C19H30N4O3/c1-6-22-15(9-12(2)21-22)17(24)20-11-16-13-7-8-14(10-13)23(16)18(25)26-19(3,4)5/h9,13-14,16H,6-8,10-11H2,1-5H3,(H,20,24)/t13-,14+,16+/m0/s1. The van der Waals surface area contributed by atoms with E-state index in [4.69, 9.17) is 4.74 Å². The number of amides is 2. The lowest BCUT2D eigenvalue weighted by Gasteiger charge is -2.36. The number of hydrogen-bond donors (Lipinski definition) is 1. The summed E-state index contributed by atoms with van der Waals surface area (Å²) in [6.07, 6.45) is 2.87. The summed E-state index contributed by atoms with van der Waals surface area (Å²) in [6, 6.07) is 2.04. The van der Waals surface area contributed by atoms with E-state index in [-0.39, 0.29) is 24.1 Å². The molecular formula is C19H30N4O3. The Balaban J connectivity index is 1.67. The van der Waals surface area contributed by atoms with E-state index in [0.717, 1.165) is 25.0 Å². The molecule has 3 atom stereocenters. The molecule has 26 heavy (non-hydrogen) atoms. The Morgan fingerprint density at radius 1 is 1.35 bits per heavy atom. The number of nitrogens with one attached hydrogen (secondary N) is 1. The maximum Gasteiger partial charge on any atom is 0.410 e. The maximum absolute atomic E-state index is 12.7. The van der Waals surface area contributed by atoms with Crippen LogP contribution in [0.3, 0.4) is 0 Å². The number of ether oxygens (including phenoxy) is 1. The number of rotatable bonds is 4. The molecule has 144 valence electrons. The van der Waals surface area contributed by atoms with E-state index in [1.165, 1.54) is 0 Å². The van der Waals surface area contributed by atoms with Crippen molar-refractivity contribution in [1.29, 1.82) is 0 Å². The Hall–Kier alpha value is -2.05. The monoisotopic (exact) mass is 362 g/mol. The molecule has 2 amide bonds. The number of aromatic nitrogens is 2. The van der Waals surface area contributed by atoms with E-state index in [9.17, 15) is 9.59 Å². The number of aryl methyl sites for hydroxylation is 2. The molecule has 3 rings (SSSR count). The lowest BCUT2D eigenvalue weighted by atomic mass is 9.99. The predicted octanol–water partition coefficient (Wildman–Crippen LogP) is 2.73. The molecule has 2 bridgehead atoms. The van der Waals surface area contributed by atoms with Crippen LogP contribution in [0.15, 0.2) is 6.07 Å². The first-order valence-electron chi connectivity index (χ1n) is 9.53. The fraction of sp³-hybridized carbons (Fsp3) is 0.737. The van der Waals surface area contributed by atoms with Gasteiger partial charge in [0.25, 0.3) is 5.91 Å². The second-order valence-electron chi connectivity index (χ2n) is 8.38. The van der Waals surface area contributed by atoms with Crippen molar-refractivity contribution >= 4 is 12.0 Å². The van der Waals surface area contributed by atoms with Crippen molar-refractivity contribution in [2.24, 2.45) is 5.92 Å². The summed E-state index contributed by atoms with van der Waals surface area (Å²) in [5.74, 6) is 0.296. The van der Waals surface area contributed by atoms with Crippen molar-refractivity contribution < 1.29 is 14.3 Å². The Labute approximate surface area is 155 Å². The van der Waals surface area contributed by atoms with E-state index < -0.39 is 5.60 Å². The molecule has 0 unspecified atom stereocenters. The second-order valence-corrected chi connectivity index (χ2v) is 8.38. The summed E-state index contributed by atoms with van der Waals surface area (Å²) in [6.45, 7) is 10.6. The molecule has 2 heterocycles. The minimum atomic E-state index is -0.516. The average molecular weight is 362 g/mol. The van der Waals surface area contributed by atoms with E-state index in [2.05, 4.69) is 10.4 Å². The van der Waals surface area contributed by atoms with Gasteiger partial charge in [0.2, 0.25) is 0 Å². The quantitative estimate of drug-likeness (QED) is 0.893. The van der Waals surface area contributed by atoms with Crippen LogP contribution < -0.4 is 5.32 Å². The van der Waals surface area contributed by atoms with Gasteiger partial charge in [-0.3, -0.25) is 9.48 Å². The molecule has 1 aliphatic heterocycles. The topological polar surface area (TPSA) is 76.5 Å². The van der Waals surface area contributed by atoms with Crippen molar-refractivity contribution in [1.82, 2.24) is 20.0 Å². The SMILES string of the molecule is CCn1nc(C)cc1C(=O)NC[C@@H]1[C@H]2CC[C@H](C2)N1C(=O)OC(C)(C)C. The molecule has 1 aromatic rings. The number of nitrogens with zero attached hydrogens (tertiary/aromatic N) is 3. The van der Waals surface area contributed by atoms with Gasteiger partial charge in [0.15, 0.2) is 0 Å². The smallest absolute Gasteiger partial charge is 0.410 e. The molecule has 1 aliphatic carbocycles. The first-order valence-corrected chi connectivity index (χ1v) is 9.53. The van der Waals surface area contributed by atoms with Crippen LogP contribution >= 0.6 is 0 Å². The molecule has 0 spiro atoms. The van der Waals surface area contributed by atoms with Crippen LogP contribution in [0.25, 0.3) is 0 Å². The highest BCUT2D eigenvalue weighted by atomic mass is 16.6. The Kier molecular flexibility index (Phi) is 4.99. The van der Waals surface area contributed by atoms with Crippen LogP contribution in [0, 0.1) is 12.8 Å². The molecule has 2 fully saturated rings. The summed E-state index contributed by atoms with van der Waals surface area (Å²) in [5, 5.41) is 7.34. The Morgan fingerprint density at radius 2 is 2.08 bits per heavy atom. The zero-order valence-corrected chi connectivity index (χ0v) is 16.4. The van der Waals surface area contributed by atoms with Crippen molar-refractivity contribution in [3.8, 4) is 0 Å². The molecular weight excluding hydrogens is 332 g/mol. The maximum atomic E-state index is 12.7. The highest BCUT2D eigenvalue weighted by Gasteiger charge is 2.49. The van der Waals surface area contributed by atoms with Gasteiger partial charge in [0.1, 0.15) is 11.3 Å². The first-order chi connectivity index (χ1) is 12.2. The van der Waals surface area contributed by atoms with E-state index in [1.807, 2.05) is 39.5 Å². The third kappa shape index (κ3) is 3.71. The van der Waals surface area contributed by atoms with Gasteiger partial charge in [-0.2, -0.15) is 5.10 Å². The predicted molar refractivity (Wildman–Crippen MR) is 98.0 cm³/mol. The zero-order chi connectivity index (χ0) is 19.1. The fourth-order valence-corrected chi connectivity index (χ4v) is 4.21. The highest BCUT2D eigenvalue weighted by molar-refractivity contribution is 5.92. The Bertz CT molecular complexity index is 691. The number of carbonyl (C=O) groups is 2. The average Bonchev–Trinajstić information content (AvgIpc) is 3.24. The zero-order valence-electron chi connectivity index (χ0n) is 16.4. The van der Waals surface area contributed by atoms with Crippen LogP contribution in [-0.2, 0) is 11.3 Å². The summed E-state index contributed by atoms with van der Waals surface area (Å²) < 4.78 is 7.30. The summed E-state index contributed by atoms with van der Waals surface area (Å²) >= 11 is 0. The largest absolute Gasteiger partial charge is 0.444 e. The van der Waals surface area contributed by atoms with Gasteiger partial charge >= 0.3 is 6.09 Å². The molecule has 1 saturated heterocycles. The van der Waals surface area contributed by atoms with Gasteiger partial charge in [0, 0.05) is 19.1 Å². The van der Waals surface area contributed by atoms with Gasteiger partial charge in [-0.15, -0.1) is 0 Å². The molecule has 0 aromatic carbocycles. The van der Waals surface area contributed by atoms with Crippen LogP contribution in [0.5, 0.6) is 0 Å². The first kappa shape index (κ1) is 18.7. The van der Waals surface area contributed by atoms with Crippen molar-refractivity contribution in [2.75, 3.05) is 6.54 Å². The highest BCUT2D eigenvalue weighted by Crippen LogP contribution is 2.42. The molecule has 1 saturated carbocycles. The Morgan fingerprint density at radius 3 is 2.73 bits per heavy atom. The van der Waals surface area contributed by atoms with Gasteiger partial charge in [0.05, 0.1) is 11.7 Å². The third-order valence-corrected chi connectivity index (χ3v) is 5.25. The molecule has 7 heteroatoms. The number of fused-ring (bicyclic) bond motifs is 2. The molecule has 2 aliphatic rings. The van der Waals surface area contributed by atoms with Crippen LogP contribution in [-0.4, -0.2) is 50.9 Å². The van der Waals surface area contributed by atoms with Crippen molar-refractivity contribution in [3.63, 3.8) is 0 Å². The lowest BCUT2D eigenvalue weighted by Crippen LogP contribution is -2.51. The fourth-order valence-electron chi connectivity index (χ4n) is 4.21. The minimum absolute atomic E-state index is 0.00615. The van der Waals surface area contributed by atoms with E-state index >= 15 is 0 Å². The van der Waals surface area contributed by atoms with Crippen molar-refractivity contribution in [3.05, 3.63) is 17.5 Å². The molecule has 1 N–H and O–H groups in total.